The smallest absolute Gasteiger partial charge is 0.328 e. The maximum absolute atomic E-state index is 12.1. The summed E-state index contributed by atoms with van der Waals surface area (Å²) in [6.07, 6.45) is 0. The van der Waals surface area contributed by atoms with E-state index in [-0.39, 0.29) is 22.2 Å². The van der Waals surface area contributed by atoms with E-state index in [1.54, 1.807) is 29.6 Å². The average molecular weight is 369 g/mol. The van der Waals surface area contributed by atoms with Crippen LogP contribution in [-0.4, -0.2) is 22.8 Å². The second kappa shape index (κ2) is 7.89. The van der Waals surface area contributed by atoms with E-state index in [0.29, 0.717) is 5.56 Å². The minimum atomic E-state index is -0.887. The summed E-state index contributed by atoms with van der Waals surface area (Å²) in [6.45, 7) is 1.38. The topological polar surface area (TPSA) is 98.5 Å². The van der Waals surface area contributed by atoms with Gasteiger partial charge in [0.1, 0.15) is 12.6 Å². The highest BCUT2D eigenvalue weighted by molar-refractivity contribution is 7.13. The van der Waals surface area contributed by atoms with Gasteiger partial charge in [-0.25, -0.2) is 4.79 Å². The molecule has 0 aliphatic carbocycles. The Morgan fingerprint density at radius 3 is 2.75 bits per heavy atom. The molecule has 1 aromatic heterocycles. The van der Waals surface area contributed by atoms with Gasteiger partial charge >= 0.3 is 11.0 Å². The van der Waals surface area contributed by atoms with Crippen LogP contribution in [0.4, 0.5) is 5.00 Å². The van der Waals surface area contributed by atoms with Crippen molar-refractivity contribution >= 4 is 39.8 Å². The molecule has 0 fully saturated rings. The molecule has 0 aliphatic rings. The number of nitrogens with zero attached hydrogens (tertiary/aromatic N) is 1. The first-order chi connectivity index (χ1) is 11.4. The number of hydrogen-bond acceptors (Lipinski definition) is 6. The molecule has 1 N–H and O–H groups in total. The number of hydrogen-bond donors (Lipinski definition) is 1. The van der Waals surface area contributed by atoms with Gasteiger partial charge in [-0.3, -0.25) is 14.9 Å². The maximum atomic E-state index is 12.1. The highest BCUT2D eigenvalue weighted by Gasteiger charge is 2.20. The molecule has 0 saturated heterocycles. The number of halogens is 1. The minimum absolute atomic E-state index is 0.0267. The van der Waals surface area contributed by atoms with E-state index in [9.17, 15) is 19.7 Å². The third kappa shape index (κ3) is 4.53. The lowest BCUT2D eigenvalue weighted by molar-refractivity contribution is -0.380. The summed E-state index contributed by atoms with van der Waals surface area (Å²) in [4.78, 5) is 34.0. The lowest BCUT2D eigenvalue weighted by Crippen LogP contribution is -2.39. The second-order valence-corrected chi connectivity index (χ2v) is 6.13. The zero-order valence-electron chi connectivity index (χ0n) is 12.5. The molecule has 0 bridgehead atoms. The van der Waals surface area contributed by atoms with Gasteiger partial charge in [0.25, 0.3) is 5.91 Å². The Morgan fingerprint density at radius 2 is 2.12 bits per heavy atom. The lowest BCUT2D eigenvalue weighted by Gasteiger charge is -2.13. The summed E-state index contributed by atoms with van der Waals surface area (Å²) in [7, 11) is 0. The Hall–Kier alpha value is -2.45. The van der Waals surface area contributed by atoms with Crippen molar-refractivity contribution < 1.29 is 19.2 Å². The van der Waals surface area contributed by atoms with Crippen molar-refractivity contribution in [2.75, 3.05) is 0 Å². The Bertz CT molecular complexity index is 777. The fourth-order valence-electron chi connectivity index (χ4n) is 1.79. The molecular formula is C15H13ClN2O5S. The number of carbonyl (C=O) groups is 2. The molecule has 1 heterocycles. The number of nitrogens with one attached hydrogen (secondary N) is 1. The molecule has 2 aromatic rings. The van der Waals surface area contributed by atoms with Crippen LogP contribution in [0, 0.1) is 10.1 Å². The standard InChI is InChI=1S/C15H13ClN2O5S/c1-9(17-14(19)11-4-2-3-5-12(11)16)15(20)23-7-10-6-13(18(21)22)24-8-10/h2-6,8-9H,7H2,1H3,(H,17,19)/t9-/m0/s1. The molecule has 1 amide bonds. The number of thiophene rings is 1. The second-order valence-electron chi connectivity index (χ2n) is 4.83. The molecule has 0 spiro atoms. The van der Waals surface area contributed by atoms with Crippen LogP contribution in [0.25, 0.3) is 0 Å². The van der Waals surface area contributed by atoms with Gasteiger partial charge in [-0.05, 0) is 19.1 Å². The van der Waals surface area contributed by atoms with Gasteiger partial charge in [-0.1, -0.05) is 35.1 Å². The minimum Gasteiger partial charge on any atom is -0.459 e. The van der Waals surface area contributed by atoms with Gasteiger partial charge in [0.05, 0.1) is 15.5 Å². The summed E-state index contributed by atoms with van der Waals surface area (Å²) in [5.41, 5.74) is 0.775. The van der Waals surface area contributed by atoms with E-state index in [1.807, 2.05) is 0 Å². The number of ether oxygens (including phenoxy) is 1. The molecule has 0 radical (unpaired) electrons. The third-order valence-corrected chi connectivity index (χ3v) is 4.28. The third-order valence-electron chi connectivity index (χ3n) is 3.02. The monoisotopic (exact) mass is 368 g/mol. The fraction of sp³-hybridized carbons (Fsp3) is 0.200. The van der Waals surface area contributed by atoms with Gasteiger partial charge in [0, 0.05) is 17.0 Å². The highest BCUT2D eigenvalue weighted by atomic mass is 35.5. The van der Waals surface area contributed by atoms with Gasteiger partial charge in [-0.15, -0.1) is 0 Å². The molecule has 9 heteroatoms. The largest absolute Gasteiger partial charge is 0.459 e. The summed E-state index contributed by atoms with van der Waals surface area (Å²) in [5.74, 6) is -1.14. The van der Waals surface area contributed by atoms with E-state index in [0.717, 1.165) is 11.3 Å². The van der Waals surface area contributed by atoms with Crippen LogP contribution in [0.15, 0.2) is 35.7 Å². The fourth-order valence-corrected chi connectivity index (χ4v) is 2.73. The molecular weight excluding hydrogens is 356 g/mol. The number of nitro groups is 1. The van der Waals surface area contributed by atoms with Gasteiger partial charge in [0.2, 0.25) is 0 Å². The average Bonchev–Trinajstić information content (AvgIpc) is 3.02. The molecule has 2 rings (SSSR count). The van der Waals surface area contributed by atoms with Crippen molar-refractivity contribution in [1.82, 2.24) is 5.32 Å². The number of rotatable bonds is 6. The van der Waals surface area contributed by atoms with Crippen molar-refractivity contribution in [1.29, 1.82) is 0 Å². The first-order valence-electron chi connectivity index (χ1n) is 6.82. The van der Waals surface area contributed by atoms with Crippen molar-refractivity contribution in [2.24, 2.45) is 0 Å². The predicted octanol–water partition coefficient (Wildman–Crippen LogP) is 3.17. The summed E-state index contributed by atoms with van der Waals surface area (Å²) in [6, 6.07) is 6.92. The van der Waals surface area contributed by atoms with Crippen LogP contribution < -0.4 is 5.32 Å². The molecule has 0 unspecified atom stereocenters. The SMILES string of the molecule is C[C@H](NC(=O)c1ccccc1Cl)C(=O)OCc1csc([N+](=O)[O-])c1. The molecule has 1 aromatic carbocycles. The van der Waals surface area contributed by atoms with Gasteiger partial charge in [-0.2, -0.15) is 0 Å². The first-order valence-corrected chi connectivity index (χ1v) is 8.08. The zero-order chi connectivity index (χ0) is 17.7. The number of amides is 1. The summed E-state index contributed by atoms with van der Waals surface area (Å²) >= 11 is 6.87. The van der Waals surface area contributed by atoms with Gasteiger partial charge < -0.3 is 10.1 Å². The maximum Gasteiger partial charge on any atom is 0.328 e. The van der Waals surface area contributed by atoms with Crippen molar-refractivity contribution in [3.8, 4) is 0 Å². The Morgan fingerprint density at radius 1 is 1.42 bits per heavy atom. The molecule has 0 aliphatic heterocycles. The molecule has 1 atom stereocenters. The summed E-state index contributed by atoms with van der Waals surface area (Å²) in [5, 5.41) is 14.9. The predicted molar refractivity (Wildman–Crippen MR) is 89.1 cm³/mol. The van der Waals surface area contributed by atoms with Crippen molar-refractivity contribution in [3.05, 3.63) is 62.0 Å². The summed E-state index contributed by atoms with van der Waals surface area (Å²) < 4.78 is 5.05. The quantitative estimate of drug-likeness (QED) is 0.479. The van der Waals surface area contributed by atoms with Crippen molar-refractivity contribution in [2.45, 2.75) is 19.6 Å². The van der Waals surface area contributed by atoms with Crippen molar-refractivity contribution in [3.63, 3.8) is 0 Å². The van der Waals surface area contributed by atoms with E-state index >= 15 is 0 Å². The van der Waals surface area contributed by atoms with Crippen LogP contribution in [0.1, 0.15) is 22.8 Å². The zero-order valence-corrected chi connectivity index (χ0v) is 14.1. The Kier molecular flexibility index (Phi) is 5.88. The molecule has 0 saturated carbocycles. The first kappa shape index (κ1) is 17.9. The molecule has 24 heavy (non-hydrogen) atoms. The molecule has 7 nitrogen and oxygen atoms in total. The lowest BCUT2D eigenvalue weighted by atomic mass is 10.2. The number of benzene rings is 1. The van der Waals surface area contributed by atoms with Crippen LogP contribution in [-0.2, 0) is 16.1 Å². The number of carbonyl (C=O) groups excluding carboxylic acids is 2. The van der Waals surface area contributed by atoms with E-state index in [4.69, 9.17) is 16.3 Å². The Balaban J connectivity index is 1.88. The van der Waals surface area contributed by atoms with E-state index < -0.39 is 22.8 Å². The van der Waals surface area contributed by atoms with Gasteiger partial charge in [0.15, 0.2) is 0 Å². The van der Waals surface area contributed by atoms with E-state index in [2.05, 4.69) is 5.32 Å². The van der Waals surface area contributed by atoms with Crippen LogP contribution in [0.3, 0.4) is 0 Å². The van der Waals surface area contributed by atoms with E-state index in [1.165, 1.54) is 13.0 Å². The normalized spacial score (nSPS) is 11.6. The highest BCUT2D eigenvalue weighted by Crippen LogP contribution is 2.23. The Labute approximate surface area is 146 Å². The number of esters is 1. The molecule has 126 valence electrons. The van der Waals surface area contributed by atoms with Crippen LogP contribution in [0.5, 0.6) is 0 Å². The van der Waals surface area contributed by atoms with Crippen LogP contribution in [0.2, 0.25) is 5.02 Å². The van der Waals surface area contributed by atoms with Crippen LogP contribution >= 0.6 is 22.9 Å².